The Labute approximate surface area is 157 Å². The molecule has 0 atom stereocenters. The molecule has 0 spiro atoms. The van der Waals surface area contributed by atoms with Crippen molar-refractivity contribution in [3.63, 3.8) is 0 Å². The number of amides is 1. The lowest BCUT2D eigenvalue weighted by Gasteiger charge is -2.35. The van der Waals surface area contributed by atoms with Gasteiger partial charge in [-0.3, -0.25) is 14.9 Å². The highest BCUT2D eigenvalue weighted by Gasteiger charge is 2.23. The number of hydrogen-bond donors (Lipinski definition) is 1. The monoisotopic (exact) mass is 370 g/mol. The van der Waals surface area contributed by atoms with Crippen molar-refractivity contribution in [3.05, 3.63) is 51.7 Å². The molecular weight excluding hydrogens is 348 g/mol. The minimum Gasteiger partial charge on any atom is -0.354 e. The second-order valence-corrected chi connectivity index (χ2v) is 6.30. The Morgan fingerprint density at radius 2 is 1.85 bits per heavy atom. The largest absolute Gasteiger partial charge is 0.354 e. The summed E-state index contributed by atoms with van der Waals surface area (Å²) in [6, 6.07) is 7.66. The lowest BCUT2D eigenvalue weighted by atomic mass is 10.1. The number of carbonyl (C=O) groups is 1. The predicted octanol–water partition coefficient (Wildman–Crippen LogP) is 2.09. The molecule has 0 saturated carbocycles. The van der Waals surface area contributed by atoms with Gasteiger partial charge in [0.1, 0.15) is 5.82 Å². The normalized spacial score (nSPS) is 14.1. The number of nitro benzene ring substituents is 1. The molecule has 1 N–H and O–H groups in total. The van der Waals surface area contributed by atoms with E-state index in [-0.39, 0.29) is 11.6 Å². The number of aromatic nitrogens is 2. The number of piperazine rings is 1. The van der Waals surface area contributed by atoms with Crippen LogP contribution >= 0.6 is 0 Å². The molecule has 2 heterocycles. The molecule has 0 unspecified atom stereocenters. The first-order valence-electron chi connectivity index (χ1n) is 8.86. The lowest BCUT2D eigenvalue weighted by Crippen LogP contribution is -2.49. The van der Waals surface area contributed by atoms with E-state index in [4.69, 9.17) is 0 Å². The molecule has 0 bridgehead atoms. The summed E-state index contributed by atoms with van der Waals surface area (Å²) in [4.78, 5) is 35.7. The summed E-state index contributed by atoms with van der Waals surface area (Å²) in [5.74, 6) is 1.34. The van der Waals surface area contributed by atoms with Crippen LogP contribution in [0.15, 0.2) is 30.3 Å². The minimum absolute atomic E-state index is 0.0213. The van der Waals surface area contributed by atoms with Gasteiger partial charge in [-0.25, -0.2) is 4.98 Å². The van der Waals surface area contributed by atoms with Crippen molar-refractivity contribution >= 4 is 23.4 Å². The first-order chi connectivity index (χ1) is 13.0. The topological polar surface area (TPSA) is 105 Å². The van der Waals surface area contributed by atoms with Crippen LogP contribution in [0.5, 0.6) is 0 Å². The molecule has 0 radical (unpaired) electrons. The highest BCUT2D eigenvalue weighted by molar-refractivity contribution is 5.94. The fourth-order valence-electron chi connectivity index (χ4n) is 3.00. The Balaban J connectivity index is 1.64. The molecule has 1 saturated heterocycles. The number of anilines is 2. The van der Waals surface area contributed by atoms with Crippen LogP contribution in [0.4, 0.5) is 17.5 Å². The van der Waals surface area contributed by atoms with E-state index in [0.29, 0.717) is 37.7 Å². The second-order valence-electron chi connectivity index (χ2n) is 6.30. The number of carbonyl (C=O) groups excluding carboxylic acids is 1. The fourth-order valence-corrected chi connectivity index (χ4v) is 3.00. The molecule has 1 aromatic heterocycles. The third-order valence-electron chi connectivity index (χ3n) is 4.39. The highest BCUT2D eigenvalue weighted by Crippen LogP contribution is 2.19. The van der Waals surface area contributed by atoms with Crippen LogP contribution in [0.3, 0.4) is 0 Å². The van der Waals surface area contributed by atoms with Crippen molar-refractivity contribution in [3.8, 4) is 0 Å². The fraction of sp³-hybridized carbons (Fsp3) is 0.389. The molecular formula is C18H22N6O3. The molecule has 1 aromatic carbocycles. The molecule has 3 rings (SSSR count). The van der Waals surface area contributed by atoms with Crippen LogP contribution in [0, 0.1) is 17.0 Å². The Morgan fingerprint density at radius 3 is 2.44 bits per heavy atom. The maximum atomic E-state index is 12.6. The van der Waals surface area contributed by atoms with Gasteiger partial charge in [-0.2, -0.15) is 4.98 Å². The van der Waals surface area contributed by atoms with Crippen LogP contribution in [0.2, 0.25) is 0 Å². The van der Waals surface area contributed by atoms with Crippen LogP contribution in [-0.2, 0) is 0 Å². The zero-order chi connectivity index (χ0) is 19.4. The molecule has 9 nitrogen and oxygen atoms in total. The smallest absolute Gasteiger partial charge is 0.269 e. The van der Waals surface area contributed by atoms with Crippen molar-refractivity contribution in [2.24, 2.45) is 0 Å². The van der Waals surface area contributed by atoms with Gasteiger partial charge in [0.25, 0.3) is 11.6 Å². The Hall–Kier alpha value is -3.23. The van der Waals surface area contributed by atoms with Crippen molar-refractivity contribution < 1.29 is 9.72 Å². The van der Waals surface area contributed by atoms with E-state index in [1.165, 1.54) is 24.3 Å². The van der Waals surface area contributed by atoms with E-state index >= 15 is 0 Å². The van der Waals surface area contributed by atoms with Gasteiger partial charge in [0.2, 0.25) is 5.95 Å². The molecule has 1 aliphatic rings. The molecule has 0 aliphatic carbocycles. The zero-order valence-corrected chi connectivity index (χ0v) is 15.4. The Morgan fingerprint density at radius 1 is 1.19 bits per heavy atom. The molecule has 1 aliphatic heterocycles. The first-order valence-corrected chi connectivity index (χ1v) is 8.86. The van der Waals surface area contributed by atoms with Crippen molar-refractivity contribution in [1.82, 2.24) is 14.9 Å². The number of non-ortho nitro benzene ring substituents is 1. The van der Waals surface area contributed by atoms with Crippen molar-refractivity contribution in [2.45, 2.75) is 13.8 Å². The number of nitrogens with one attached hydrogen (secondary N) is 1. The third-order valence-corrected chi connectivity index (χ3v) is 4.39. The van der Waals surface area contributed by atoms with Crippen LogP contribution in [0.1, 0.15) is 23.0 Å². The molecule has 1 amide bonds. The second kappa shape index (κ2) is 7.98. The van der Waals surface area contributed by atoms with Gasteiger partial charge in [0.05, 0.1) is 4.92 Å². The van der Waals surface area contributed by atoms with Crippen LogP contribution < -0.4 is 10.2 Å². The van der Waals surface area contributed by atoms with Gasteiger partial charge in [-0.15, -0.1) is 0 Å². The summed E-state index contributed by atoms with van der Waals surface area (Å²) in [7, 11) is 0. The van der Waals surface area contributed by atoms with Crippen LogP contribution in [0.25, 0.3) is 0 Å². The van der Waals surface area contributed by atoms with E-state index in [1.807, 2.05) is 19.9 Å². The summed E-state index contributed by atoms with van der Waals surface area (Å²) in [5, 5.41) is 13.9. The summed E-state index contributed by atoms with van der Waals surface area (Å²) >= 11 is 0. The Bertz CT molecular complexity index is 831. The van der Waals surface area contributed by atoms with Crippen LogP contribution in [-0.4, -0.2) is 58.4 Å². The lowest BCUT2D eigenvalue weighted by molar-refractivity contribution is -0.384. The van der Waals surface area contributed by atoms with Crippen molar-refractivity contribution in [2.75, 3.05) is 42.9 Å². The summed E-state index contributed by atoms with van der Waals surface area (Å²) in [6.45, 7) is 7.14. The Kier molecular flexibility index (Phi) is 5.49. The molecule has 9 heteroatoms. The summed E-state index contributed by atoms with van der Waals surface area (Å²) < 4.78 is 0. The number of nitrogens with zero attached hydrogens (tertiary/aromatic N) is 5. The zero-order valence-electron chi connectivity index (χ0n) is 15.4. The number of hydrogen-bond acceptors (Lipinski definition) is 7. The first kappa shape index (κ1) is 18.6. The van der Waals surface area contributed by atoms with E-state index in [0.717, 1.165) is 18.1 Å². The van der Waals surface area contributed by atoms with Crippen molar-refractivity contribution in [1.29, 1.82) is 0 Å². The van der Waals surface area contributed by atoms with Gasteiger partial charge < -0.3 is 15.1 Å². The maximum Gasteiger partial charge on any atom is 0.269 e. The predicted molar refractivity (Wildman–Crippen MR) is 102 cm³/mol. The average Bonchev–Trinajstić information content (AvgIpc) is 2.67. The van der Waals surface area contributed by atoms with E-state index in [9.17, 15) is 14.9 Å². The number of nitro groups is 1. The molecule has 27 heavy (non-hydrogen) atoms. The maximum absolute atomic E-state index is 12.6. The average molecular weight is 370 g/mol. The van der Waals surface area contributed by atoms with Gasteiger partial charge in [0.15, 0.2) is 0 Å². The molecule has 142 valence electrons. The quantitative estimate of drug-likeness (QED) is 0.635. The van der Waals surface area contributed by atoms with E-state index in [2.05, 4.69) is 20.2 Å². The van der Waals surface area contributed by atoms with E-state index in [1.54, 1.807) is 4.90 Å². The molecule has 2 aromatic rings. The van der Waals surface area contributed by atoms with Gasteiger partial charge in [0, 0.05) is 62.2 Å². The van der Waals surface area contributed by atoms with Gasteiger partial charge in [-0.05, 0) is 26.0 Å². The SMILES string of the molecule is CCNc1nc(C)cc(N2CCN(C(=O)c3ccc([N+](=O)[O-])cc3)CC2)n1. The standard InChI is InChI=1S/C18H22N6O3/c1-3-19-18-20-13(2)12-16(21-18)22-8-10-23(11-9-22)17(25)14-4-6-15(7-5-14)24(26)27/h4-7,12H,3,8-11H2,1-2H3,(H,19,20,21). The number of rotatable bonds is 5. The molecule has 1 fully saturated rings. The number of benzene rings is 1. The van der Waals surface area contributed by atoms with E-state index < -0.39 is 4.92 Å². The number of aryl methyl sites for hydroxylation is 1. The highest BCUT2D eigenvalue weighted by atomic mass is 16.6. The third kappa shape index (κ3) is 4.30. The minimum atomic E-state index is -0.474. The summed E-state index contributed by atoms with van der Waals surface area (Å²) in [5.41, 5.74) is 1.33. The van der Waals surface area contributed by atoms with Gasteiger partial charge in [-0.1, -0.05) is 0 Å². The van der Waals surface area contributed by atoms with Gasteiger partial charge >= 0.3 is 0 Å². The summed E-state index contributed by atoms with van der Waals surface area (Å²) in [6.07, 6.45) is 0.